The second-order valence-electron chi connectivity index (χ2n) is 3.35. The molecule has 1 atom stereocenters. The summed E-state index contributed by atoms with van der Waals surface area (Å²) >= 11 is 0. The van der Waals surface area contributed by atoms with Crippen LogP contribution in [0.3, 0.4) is 0 Å². The van der Waals surface area contributed by atoms with Crippen molar-refractivity contribution in [3.8, 4) is 6.07 Å². The average Bonchev–Trinajstić information content (AvgIpc) is 2.25. The summed E-state index contributed by atoms with van der Waals surface area (Å²) in [5.74, 6) is -0.978. The molecule has 92 valence electrons. The second-order valence-corrected chi connectivity index (χ2v) is 3.35. The average molecular weight is 246 g/mol. The molecule has 0 aromatic heterocycles. The highest BCUT2D eigenvalue weighted by Gasteiger charge is 2.35. The third-order valence-corrected chi connectivity index (χ3v) is 2.17. The maximum Gasteiger partial charge on any atom is 0.416 e. The Balaban J connectivity index is 3.28. The molecule has 0 radical (unpaired) electrons. The summed E-state index contributed by atoms with van der Waals surface area (Å²) in [7, 11) is 0. The van der Waals surface area contributed by atoms with Crippen LogP contribution in [0.5, 0.6) is 0 Å². The third-order valence-electron chi connectivity index (χ3n) is 2.17. The van der Waals surface area contributed by atoms with Gasteiger partial charge in [-0.2, -0.15) is 18.4 Å². The molecule has 0 spiro atoms. The molecule has 17 heavy (non-hydrogen) atoms. The van der Waals surface area contributed by atoms with Gasteiger partial charge in [-0.1, -0.05) is 13.0 Å². The lowest BCUT2D eigenvalue weighted by Gasteiger charge is -2.17. The maximum absolute atomic E-state index is 12.8. The summed E-state index contributed by atoms with van der Waals surface area (Å²) in [4.78, 5) is 0. The molecule has 6 heteroatoms. The van der Waals surface area contributed by atoms with Gasteiger partial charge >= 0.3 is 6.18 Å². The van der Waals surface area contributed by atoms with E-state index in [9.17, 15) is 17.6 Å². The standard InChI is InChI=1S/C11H10F4N2/c1-2-17-10(6-16)8-4-3-7(12)5-9(8)11(13,14)15/h3-5,10,17H,2H2,1H3. The van der Waals surface area contributed by atoms with E-state index in [-0.39, 0.29) is 5.56 Å². The SMILES string of the molecule is CCNC(C#N)c1ccc(F)cc1C(F)(F)F. The van der Waals surface area contributed by atoms with Crippen LogP contribution in [0.25, 0.3) is 0 Å². The first-order chi connectivity index (χ1) is 7.90. The molecule has 0 fully saturated rings. The van der Waals surface area contributed by atoms with Crippen LogP contribution in [0, 0.1) is 17.1 Å². The van der Waals surface area contributed by atoms with Gasteiger partial charge in [-0.3, -0.25) is 5.32 Å². The second kappa shape index (κ2) is 5.15. The number of nitrogens with zero attached hydrogens (tertiary/aromatic N) is 1. The zero-order chi connectivity index (χ0) is 13.1. The Labute approximate surface area is 95.9 Å². The number of benzene rings is 1. The highest BCUT2D eigenvalue weighted by Crippen LogP contribution is 2.34. The van der Waals surface area contributed by atoms with Gasteiger partial charge in [0.15, 0.2) is 0 Å². The van der Waals surface area contributed by atoms with Gasteiger partial charge < -0.3 is 0 Å². The Hall–Kier alpha value is -1.61. The van der Waals surface area contributed by atoms with E-state index in [1.165, 1.54) is 0 Å². The summed E-state index contributed by atoms with van der Waals surface area (Å²) in [5, 5.41) is 11.4. The smallest absolute Gasteiger partial charge is 0.298 e. The molecule has 0 amide bonds. The molecule has 0 bridgehead atoms. The summed E-state index contributed by atoms with van der Waals surface area (Å²) < 4.78 is 50.8. The molecule has 1 unspecified atom stereocenters. The van der Waals surface area contributed by atoms with Crippen LogP contribution in [0.2, 0.25) is 0 Å². The van der Waals surface area contributed by atoms with Crippen molar-refractivity contribution < 1.29 is 17.6 Å². The first-order valence-electron chi connectivity index (χ1n) is 4.89. The lowest BCUT2D eigenvalue weighted by Crippen LogP contribution is -2.23. The normalized spacial score (nSPS) is 13.2. The number of nitriles is 1. The largest absolute Gasteiger partial charge is 0.416 e. The minimum atomic E-state index is -4.68. The van der Waals surface area contributed by atoms with Gasteiger partial charge in [0.25, 0.3) is 0 Å². The van der Waals surface area contributed by atoms with Crippen LogP contribution >= 0.6 is 0 Å². The third kappa shape index (κ3) is 3.17. The summed E-state index contributed by atoms with van der Waals surface area (Å²) in [5.41, 5.74) is -1.38. The fraction of sp³-hybridized carbons (Fsp3) is 0.364. The summed E-state index contributed by atoms with van der Waals surface area (Å²) in [6.07, 6.45) is -4.68. The number of nitrogens with one attached hydrogen (secondary N) is 1. The zero-order valence-electron chi connectivity index (χ0n) is 8.98. The molecule has 0 aliphatic carbocycles. The fourth-order valence-corrected chi connectivity index (χ4v) is 1.45. The molecule has 1 rings (SSSR count). The number of halogens is 4. The minimum absolute atomic E-state index is 0.261. The number of rotatable bonds is 3. The van der Waals surface area contributed by atoms with Crippen molar-refractivity contribution in [1.82, 2.24) is 5.32 Å². The van der Waals surface area contributed by atoms with Crippen LogP contribution in [0.15, 0.2) is 18.2 Å². The monoisotopic (exact) mass is 246 g/mol. The van der Waals surface area contributed by atoms with E-state index >= 15 is 0 Å². The summed E-state index contributed by atoms with van der Waals surface area (Å²) in [6, 6.07) is 2.91. The van der Waals surface area contributed by atoms with E-state index in [4.69, 9.17) is 5.26 Å². The number of alkyl halides is 3. The Morgan fingerprint density at radius 2 is 2.06 bits per heavy atom. The van der Waals surface area contributed by atoms with Crippen LogP contribution in [0.4, 0.5) is 17.6 Å². The van der Waals surface area contributed by atoms with E-state index in [0.29, 0.717) is 12.6 Å². The molecule has 0 aliphatic heterocycles. The van der Waals surface area contributed by atoms with Crippen molar-refractivity contribution in [2.75, 3.05) is 6.54 Å². The summed E-state index contributed by atoms with van der Waals surface area (Å²) in [6.45, 7) is 2.01. The Morgan fingerprint density at radius 1 is 1.41 bits per heavy atom. The van der Waals surface area contributed by atoms with Gasteiger partial charge in [0.2, 0.25) is 0 Å². The van der Waals surface area contributed by atoms with E-state index in [0.717, 1.165) is 12.1 Å². The predicted molar refractivity (Wildman–Crippen MR) is 53.4 cm³/mol. The maximum atomic E-state index is 12.8. The van der Waals surface area contributed by atoms with E-state index in [1.54, 1.807) is 13.0 Å². The topological polar surface area (TPSA) is 35.8 Å². The Morgan fingerprint density at radius 3 is 2.53 bits per heavy atom. The minimum Gasteiger partial charge on any atom is -0.298 e. The molecule has 1 aromatic rings. The molecule has 2 nitrogen and oxygen atoms in total. The molecule has 0 saturated heterocycles. The molecular formula is C11H10F4N2. The first kappa shape index (κ1) is 13.5. The van der Waals surface area contributed by atoms with Crippen LogP contribution < -0.4 is 5.32 Å². The van der Waals surface area contributed by atoms with Gasteiger partial charge in [0.05, 0.1) is 11.6 Å². The van der Waals surface area contributed by atoms with Crippen LogP contribution in [-0.2, 0) is 6.18 Å². The number of hydrogen-bond donors (Lipinski definition) is 1. The molecule has 0 saturated carbocycles. The van der Waals surface area contributed by atoms with Gasteiger partial charge in [0.1, 0.15) is 11.9 Å². The molecule has 0 heterocycles. The van der Waals surface area contributed by atoms with Gasteiger partial charge in [-0.25, -0.2) is 4.39 Å². The molecular weight excluding hydrogens is 236 g/mol. The zero-order valence-corrected chi connectivity index (χ0v) is 8.98. The Bertz CT molecular complexity index is 434. The van der Waals surface area contributed by atoms with Crippen molar-refractivity contribution in [2.45, 2.75) is 19.1 Å². The van der Waals surface area contributed by atoms with Crippen molar-refractivity contribution >= 4 is 0 Å². The highest BCUT2D eigenvalue weighted by molar-refractivity contribution is 5.35. The molecule has 1 N–H and O–H groups in total. The van der Waals surface area contributed by atoms with Crippen molar-refractivity contribution in [2.24, 2.45) is 0 Å². The highest BCUT2D eigenvalue weighted by atomic mass is 19.4. The quantitative estimate of drug-likeness (QED) is 0.832. The van der Waals surface area contributed by atoms with Crippen LogP contribution in [0.1, 0.15) is 24.1 Å². The lowest BCUT2D eigenvalue weighted by atomic mass is 10.0. The van der Waals surface area contributed by atoms with Crippen LogP contribution in [-0.4, -0.2) is 6.54 Å². The Kier molecular flexibility index (Phi) is 4.07. The predicted octanol–water partition coefficient (Wildman–Crippen LogP) is 3.02. The van der Waals surface area contributed by atoms with Gasteiger partial charge in [-0.05, 0) is 24.2 Å². The van der Waals surface area contributed by atoms with Crippen molar-refractivity contribution in [3.05, 3.63) is 35.1 Å². The van der Waals surface area contributed by atoms with Crippen molar-refractivity contribution in [1.29, 1.82) is 5.26 Å². The van der Waals surface area contributed by atoms with E-state index in [1.807, 2.05) is 0 Å². The van der Waals surface area contributed by atoms with Gasteiger partial charge in [0, 0.05) is 0 Å². The fourth-order valence-electron chi connectivity index (χ4n) is 1.45. The van der Waals surface area contributed by atoms with E-state index < -0.39 is 23.6 Å². The van der Waals surface area contributed by atoms with Gasteiger partial charge in [-0.15, -0.1) is 0 Å². The first-order valence-corrected chi connectivity index (χ1v) is 4.89. The molecule has 1 aromatic carbocycles. The molecule has 0 aliphatic rings. The van der Waals surface area contributed by atoms with Crippen molar-refractivity contribution in [3.63, 3.8) is 0 Å². The lowest BCUT2D eigenvalue weighted by molar-refractivity contribution is -0.138. The van der Waals surface area contributed by atoms with E-state index in [2.05, 4.69) is 5.32 Å². The number of hydrogen-bond acceptors (Lipinski definition) is 2.